The van der Waals surface area contributed by atoms with E-state index < -0.39 is 5.91 Å². The van der Waals surface area contributed by atoms with Crippen molar-refractivity contribution in [2.24, 2.45) is 0 Å². The van der Waals surface area contributed by atoms with Gasteiger partial charge in [0, 0.05) is 7.05 Å². The zero-order valence-corrected chi connectivity index (χ0v) is 8.49. The first kappa shape index (κ1) is 8.65. The van der Waals surface area contributed by atoms with E-state index in [1.54, 1.807) is 7.05 Å². The molecule has 0 bridgehead atoms. The number of carbonyl (C=O) groups excluding carboxylic acids is 2. The van der Waals surface area contributed by atoms with Crippen LogP contribution in [-0.2, 0) is 4.79 Å². The number of likely N-dealkylation sites (N-methyl/N-ethyl adjacent to an activating group) is 1. The van der Waals surface area contributed by atoms with Crippen LogP contribution in [0.3, 0.4) is 0 Å². The number of rotatable bonds is 1. The SMILES string of the molecule is CN1C(=O)C(=O)c2c(C3CC3)cccc21. The summed E-state index contributed by atoms with van der Waals surface area (Å²) < 4.78 is 0. The minimum atomic E-state index is -0.405. The number of carbonyl (C=O) groups is 2. The van der Waals surface area contributed by atoms with Gasteiger partial charge in [-0.1, -0.05) is 12.1 Å². The Morgan fingerprint density at radius 3 is 2.67 bits per heavy atom. The average molecular weight is 201 g/mol. The van der Waals surface area contributed by atoms with Gasteiger partial charge in [-0.2, -0.15) is 0 Å². The molecular formula is C12H11NO2. The first-order valence-electron chi connectivity index (χ1n) is 5.15. The number of nitrogens with zero attached hydrogens (tertiary/aromatic N) is 1. The molecule has 0 radical (unpaired) electrons. The van der Waals surface area contributed by atoms with Crippen molar-refractivity contribution in [1.82, 2.24) is 0 Å². The lowest BCUT2D eigenvalue weighted by Crippen LogP contribution is -2.24. The molecule has 0 N–H and O–H groups in total. The van der Waals surface area contributed by atoms with E-state index in [1.807, 2.05) is 18.2 Å². The van der Waals surface area contributed by atoms with Crippen molar-refractivity contribution < 1.29 is 9.59 Å². The van der Waals surface area contributed by atoms with Gasteiger partial charge in [0.2, 0.25) is 0 Å². The van der Waals surface area contributed by atoms with E-state index in [1.165, 1.54) is 4.90 Å². The summed E-state index contributed by atoms with van der Waals surface area (Å²) in [5.41, 5.74) is 2.48. The highest BCUT2D eigenvalue weighted by atomic mass is 16.2. The van der Waals surface area contributed by atoms with Crippen LogP contribution in [0.25, 0.3) is 0 Å². The summed E-state index contributed by atoms with van der Waals surface area (Å²) in [4.78, 5) is 24.8. The lowest BCUT2D eigenvalue weighted by atomic mass is 10.0. The molecule has 2 aliphatic rings. The summed E-state index contributed by atoms with van der Waals surface area (Å²) in [7, 11) is 1.66. The molecule has 0 aromatic heterocycles. The number of hydrogen-bond donors (Lipinski definition) is 0. The fraction of sp³-hybridized carbons (Fsp3) is 0.333. The maximum absolute atomic E-state index is 11.8. The number of benzene rings is 1. The maximum Gasteiger partial charge on any atom is 0.299 e. The second kappa shape index (κ2) is 2.69. The lowest BCUT2D eigenvalue weighted by Gasteiger charge is -2.09. The molecule has 3 nitrogen and oxygen atoms in total. The Morgan fingerprint density at radius 2 is 2.00 bits per heavy atom. The molecule has 1 amide bonds. The number of anilines is 1. The molecule has 3 heteroatoms. The van der Waals surface area contributed by atoms with E-state index in [9.17, 15) is 9.59 Å². The van der Waals surface area contributed by atoms with Gasteiger partial charge in [0.15, 0.2) is 0 Å². The highest BCUT2D eigenvalue weighted by Gasteiger charge is 2.38. The molecule has 0 atom stereocenters. The van der Waals surface area contributed by atoms with E-state index >= 15 is 0 Å². The highest BCUT2D eigenvalue weighted by molar-refractivity contribution is 6.52. The molecule has 0 spiro atoms. The lowest BCUT2D eigenvalue weighted by molar-refractivity contribution is -0.114. The number of ketones is 1. The largest absolute Gasteiger partial charge is 0.308 e. The van der Waals surface area contributed by atoms with Crippen LogP contribution in [0.4, 0.5) is 5.69 Å². The van der Waals surface area contributed by atoms with Crippen LogP contribution >= 0.6 is 0 Å². The maximum atomic E-state index is 11.8. The average Bonchev–Trinajstić information content (AvgIpc) is 3.05. The second-order valence-corrected chi connectivity index (χ2v) is 4.21. The summed E-state index contributed by atoms with van der Waals surface area (Å²) in [6.45, 7) is 0. The van der Waals surface area contributed by atoms with E-state index in [2.05, 4.69) is 0 Å². The molecular weight excluding hydrogens is 190 g/mol. The van der Waals surface area contributed by atoms with Gasteiger partial charge in [-0.15, -0.1) is 0 Å². The smallest absolute Gasteiger partial charge is 0.299 e. The summed E-state index contributed by atoms with van der Waals surface area (Å²) >= 11 is 0. The third kappa shape index (κ3) is 1.06. The molecule has 1 saturated carbocycles. The van der Waals surface area contributed by atoms with Crippen molar-refractivity contribution in [2.45, 2.75) is 18.8 Å². The van der Waals surface area contributed by atoms with E-state index in [0.717, 1.165) is 24.1 Å². The summed E-state index contributed by atoms with van der Waals surface area (Å²) in [6, 6.07) is 5.74. The van der Waals surface area contributed by atoms with Gasteiger partial charge in [0.05, 0.1) is 11.3 Å². The van der Waals surface area contributed by atoms with Crippen LogP contribution in [0.5, 0.6) is 0 Å². The second-order valence-electron chi connectivity index (χ2n) is 4.21. The number of fused-ring (bicyclic) bond motifs is 1. The zero-order chi connectivity index (χ0) is 10.6. The highest BCUT2D eigenvalue weighted by Crippen LogP contribution is 2.45. The Morgan fingerprint density at radius 1 is 1.27 bits per heavy atom. The Labute approximate surface area is 87.7 Å². The molecule has 3 rings (SSSR count). The van der Waals surface area contributed by atoms with Gasteiger partial charge >= 0.3 is 0 Å². The monoisotopic (exact) mass is 201 g/mol. The molecule has 1 aromatic carbocycles. The summed E-state index contributed by atoms with van der Waals surface area (Å²) in [5, 5.41) is 0. The van der Waals surface area contributed by atoms with Crippen molar-refractivity contribution in [3.63, 3.8) is 0 Å². The van der Waals surface area contributed by atoms with Crippen LogP contribution in [-0.4, -0.2) is 18.7 Å². The molecule has 1 heterocycles. The van der Waals surface area contributed by atoms with Crippen LogP contribution in [0, 0.1) is 0 Å². The fourth-order valence-electron chi connectivity index (χ4n) is 2.19. The van der Waals surface area contributed by atoms with Crippen molar-refractivity contribution in [2.75, 3.05) is 11.9 Å². The normalized spacial score (nSPS) is 19.7. The Bertz CT molecular complexity index is 475. The quantitative estimate of drug-likeness (QED) is 0.649. The van der Waals surface area contributed by atoms with Crippen LogP contribution < -0.4 is 4.90 Å². The number of hydrogen-bond acceptors (Lipinski definition) is 2. The summed E-state index contributed by atoms with van der Waals surface area (Å²) in [5.74, 6) is -0.240. The Kier molecular flexibility index (Phi) is 1.55. The van der Waals surface area contributed by atoms with Crippen molar-refractivity contribution >= 4 is 17.4 Å². The number of Topliss-reactive ketones (excluding diaryl/α,β-unsaturated/α-hetero) is 1. The third-order valence-electron chi connectivity index (χ3n) is 3.18. The van der Waals surface area contributed by atoms with Crippen molar-refractivity contribution in [3.05, 3.63) is 29.3 Å². The van der Waals surface area contributed by atoms with E-state index in [0.29, 0.717) is 11.5 Å². The minimum absolute atomic E-state index is 0.338. The van der Waals surface area contributed by atoms with E-state index in [-0.39, 0.29) is 5.78 Å². The molecule has 76 valence electrons. The van der Waals surface area contributed by atoms with Gasteiger partial charge in [0.1, 0.15) is 0 Å². The topological polar surface area (TPSA) is 37.4 Å². The van der Waals surface area contributed by atoms with Gasteiger partial charge in [0.25, 0.3) is 11.7 Å². The first-order chi connectivity index (χ1) is 7.20. The van der Waals surface area contributed by atoms with Gasteiger partial charge < -0.3 is 4.90 Å². The van der Waals surface area contributed by atoms with E-state index in [4.69, 9.17) is 0 Å². The minimum Gasteiger partial charge on any atom is -0.308 e. The van der Waals surface area contributed by atoms with Gasteiger partial charge in [-0.05, 0) is 30.4 Å². The van der Waals surface area contributed by atoms with Crippen molar-refractivity contribution in [1.29, 1.82) is 0 Å². The molecule has 1 aromatic rings. The molecule has 1 fully saturated rings. The van der Waals surface area contributed by atoms with Crippen molar-refractivity contribution in [3.8, 4) is 0 Å². The standard InChI is InChI=1S/C12H11NO2/c1-13-9-4-2-3-8(7-5-6-7)10(9)11(14)12(13)15/h2-4,7H,5-6H2,1H3. The fourth-order valence-corrected chi connectivity index (χ4v) is 2.19. The third-order valence-corrected chi connectivity index (χ3v) is 3.18. The molecule has 1 aliphatic carbocycles. The number of amides is 1. The predicted molar refractivity (Wildman–Crippen MR) is 56.2 cm³/mol. The molecule has 1 aliphatic heterocycles. The molecule has 0 unspecified atom stereocenters. The van der Waals surface area contributed by atoms with Crippen LogP contribution in [0.15, 0.2) is 18.2 Å². The molecule has 0 saturated heterocycles. The molecule has 15 heavy (non-hydrogen) atoms. The van der Waals surface area contributed by atoms with Crippen LogP contribution in [0.2, 0.25) is 0 Å². The van der Waals surface area contributed by atoms with Gasteiger partial charge in [-0.3, -0.25) is 9.59 Å². The predicted octanol–water partition coefficient (Wildman–Crippen LogP) is 1.72. The summed E-state index contributed by atoms with van der Waals surface area (Å²) in [6.07, 6.45) is 2.28. The Hall–Kier alpha value is -1.64. The zero-order valence-electron chi connectivity index (χ0n) is 8.49. The first-order valence-corrected chi connectivity index (χ1v) is 5.15. The van der Waals surface area contributed by atoms with Gasteiger partial charge in [-0.25, -0.2) is 0 Å². The van der Waals surface area contributed by atoms with Crippen LogP contribution in [0.1, 0.15) is 34.7 Å². The Balaban J connectivity index is 2.23.